The van der Waals surface area contributed by atoms with Crippen LogP contribution in [0, 0.1) is 0 Å². The zero-order valence-electron chi connectivity index (χ0n) is 9.81. The Kier molecular flexibility index (Phi) is 5.39. The Hall–Kier alpha value is -0.440. The zero-order valence-corrected chi connectivity index (χ0v) is 11.3. The second-order valence-corrected chi connectivity index (χ2v) is 4.58. The number of methoxy groups -OCH3 is 1. The van der Waals surface area contributed by atoms with Crippen LogP contribution in [-0.4, -0.2) is 13.2 Å². The number of hydrogen-bond donors (Lipinski definition) is 1. The van der Waals surface area contributed by atoms with Gasteiger partial charge in [-0.15, -0.1) is 0 Å². The maximum absolute atomic E-state index is 6.13. The van der Waals surface area contributed by atoms with E-state index in [2.05, 4.69) is 19.2 Å². The van der Waals surface area contributed by atoms with Gasteiger partial charge in [-0.2, -0.15) is 0 Å². The maximum Gasteiger partial charge on any atom is 0.138 e. The van der Waals surface area contributed by atoms with Crippen LogP contribution < -0.4 is 10.1 Å². The topological polar surface area (TPSA) is 21.3 Å². The quantitative estimate of drug-likeness (QED) is 0.869. The zero-order chi connectivity index (χ0) is 12.1. The number of nitrogens with one attached hydrogen (secondary N) is 1. The van der Waals surface area contributed by atoms with E-state index in [1.807, 2.05) is 6.07 Å². The Bertz CT molecular complexity index is 355. The van der Waals surface area contributed by atoms with Crippen molar-refractivity contribution in [1.29, 1.82) is 0 Å². The molecular weight excluding hydrogens is 245 g/mol. The first kappa shape index (κ1) is 13.6. The number of benzene rings is 1. The normalized spacial score (nSPS) is 12.6. The van der Waals surface area contributed by atoms with Gasteiger partial charge >= 0.3 is 0 Å². The van der Waals surface area contributed by atoms with Gasteiger partial charge in [0, 0.05) is 23.7 Å². The van der Waals surface area contributed by atoms with Crippen LogP contribution in [0.4, 0.5) is 0 Å². The van der Waals surface area contributed by atoms with Crippen LogP contribution in [0.5, 0.6) is 5.75 Å². The van der Waals surface area contributed by atoms with Crippen molar-refractivity contribution in [3.05, 3.63) is 27.7 Å². The van der Waals surface area contributed by atoms with Gasteiger partial charge < -0.3 is 10.1 Å². The second-order valence-electron chi connectivity index (χ2n) is 3.77. The predicted molar refractivity (Wildman–Crippen MR) is 69.6 cm³/mol. The molecule has 0 fully saturated rings. The molecule has 0 saturated carbocycles. The molecule has 0 aliphatic rings. The molecule has 1 aromatic carbocycles. The molecule has 0 amide bonds. The molecule has 2 nitrogen and oxygen atoms in total. The predicted octanol–water partition coefficient (Wildman–Crippen LogP) is 3.89. The number of hydrogen-bond acceptors (Lipinski definition) is 2. The van der Waals surface area contributed by atoms with Gasteiger partial charge in [-0.25, -0.2) is 0 Å². The SMILES string of the molecule is CCC(C)NCc1cc(Cl)c(OC)cc1Cl. The van der Waals surface area contributed by atoms with Crippen LogP contribution in [0.25, 0.3) is 0 Å². The van der Waals surface area contributed by atoms with Crippen LogP contribution >= 0.6 is 23.2 Å². The summed E-state index contributed by atoms with van der Waals surface area (Å²) >= 11 is 12.2. The molecule has 16 heavy (non-hydrogen) atoms. The second kappa shape index (κ2) is 6.33. The summed E-state index contributed by atoms with van der Waals surface area (Å²) in [5.74, 6) is 0.610. The monoisotopic (exact) mass is 261 g/mol. The van der Waals surface area contributed by atoms with Gasteiger partial charge in [0.1, 0.15) is 5.75 Å². The molecule has 1 N–H and O–H groups in total. The number of halogens is 2. The van der Waals surface area contributed by atoms with Crippen LogP contribution in [0.1, 0.15) is 25.8 Å². The van der Waals surface area contributed by atoms with Crippen molar-refractivity contribution in [3.8, 4) is 5.75 Å². The lowest BCUT2D eigenvalue weighted by atomic mass is 10.2. The fourth-order valence-corrected chi connectivity index (χ4v) is 1.77. The lowest BCUT2D eigenvalue weighted by Crippen LogP contribution is -2.24. The van der Waals surface area contributed by atoms with Crippen LogP contribution in [-0.2, 0) is 6.54 Å². The van der Waals surface area contributed by atoms with Gasteiger partial charge in [0.2, 0.25) is 0 Å². The molecule has 0 bridgehead atoms. The summed E-state index contributed by atoms with van der Waals surface area (Å²) in [5.41, 5.74) is 0.993. The van der Waals surface area contributed by atoms with E-state index in [0.29, 0.717) is 21.8 Å². The summed E-state index contributed by atoms with van der Waals surface area (Å²) in [5, 5.41) is 4.64. The van der Waals surface area contributed by atoms with Gasteiger partial charge in [-0.1, -0.05) is 30.1 Å². The molecule has 0 spiro atoms. The van der Waals surface area contributed by atoms with Crippen molar-refractivity contribution in [1.82, 2.24) is 5.32 Å². The van der Waals surface area contributed by atoms with Crippen molar-refractivity contribution in [2.45, 2.75) is 32.9 Å². The van der Waals surface area contributed by atoms with Gasteiger partial charge in [-0.3, -0.25) is 0 Å². The molecule has 1 atom stereocenters. The van der Waals surface area contributed by atoms with Gasteiger partial charge in [-0.05, 0) is 25.0 Å². The number of ether oxygens (including phenoxy) is 1. The molecule has 90 valence electrons. The van der Waals surface area contributed by atoms with Crippen LogP contribution in [0.2, 0.25) is 10.0 Å². The molecule has 0 heterocycles. The largest absolute Gasteiger partial charge is 0.495 e. The highest BCUT2D eigenvalue weighted by atomic mass is 35.5. The Morgan fingerprint density at radius 3 is 2.56 bits per heavy atom. The van der Waals surface area contributed by atoms with E-state index in [0.717, 1.165) is 18.5 Å². The highest BCUT2D eigenvalue weighted by Crippen LogP contribution is 2.30. The summed E-state index contributed by atoms with van der Waals surface area (Å²) in [7, 11) is 1.58. The van der Waals surface area contributed by atoms with E-state index in [-0.39, 0.29) is 0 Å². The average Bonchev–Trinajstić information content (AvgIpc) is 2.29. The van der Waals surface area contributed by atoms with E-state index in [4.69, 9.17) is 27.9 Å². The Labute approximate surface area is 107 Å². The summed E-state index contributed by atoms with van der Waals surface area (Å²) in [6.07, 6.45) is 1.08. The summed E-state index contributed by atoms with van der Waals surface area (Å²) in [4.78, 5) is 0. The molecule has 0 saturated heterocycles. The van der Waals surface area contributed by atoms with E-state index in [1.165, 1.54) is 0 Å². The van der Waals surface area contributed by atoms with Crippen LogP contribution in [0.15, 0.2) is 12.1 Å². The smallest absolute Gasteiger partial charge is 0.138 e. The van der Waals surface area contributed by atoms with Crippen molar-refractivity contribution >= 4 is 23.2 Å². The Morgan fingerprint density at radius 1 is 1.31 bits per heavy atom. The molecule has 1 unspecified atom stereocenters. The standard InChI is InChI=1S/C12H17Cl2NO/c1-4-8(2)15-7-9-5-11(14)12(16-3)6-10(9)13/h5-6,8,15H,4,7H2,1-3H3. The Morgan fingerprint density at radius 2 is 2.00 bits per heavy atom. The average molecular weight is 262 g/mol. The van der Waals surface area contributed by atoms with Gasteiger partial charge in [0.05, 0.1) is 12.1 Å². The summed E-state index contributed by atoms with van der Waals surface area (Å²) in [6.45, 7) is 5.00. The molecule has 0 radical (unpaired) electrons. The third-order valence-electron chi connectivity index (χ3n) is 2.57. The fourth-order valence-electron chi connectivity index (χ4n) is 1.29. The molecular formula is C12H17Cl2NO. The fraction of sp³-hybridized carbons (Fsp3) is 0.500. The molecule has 1 rings (SSSR count). The third-order valence-corrected chi connectivity index (χ3v) is 3.22. The Balaban J connectivity index is 2.77. The lowest BCUT2D eigenvalue weighted by Gasteiger charge is -2.13. The van der Waals surface area contributed by atoms with Gasteiger partial charge in [0.15, 0.2) is 0 Å². The molecule has 4 heteroatoms. The minimum Gasteiger partial charge on any atom is -0.495 e. The molecule has 0 aromatic heterocycles. The summed E-state index contributed by atoms with van der Waals surface area (Å²) in [6, 6.07) is 4.06. The number of rotatable bonds is 5. The van der Waals surface area contributed by atoms with Gasteiger partial charge in [0.25, 0.3) is 0 Å². The van der Waals surface area contributed by atoms with E-state index in [9.17, 15) is 0 Å². The minimum atomic E-state index is 0.469. The molecule has 1 aromatic rings. The molecule has 0 aliphatic heterocycles. The van der Waals surface area contributed by atoms with Crippen molar-refractivity contribution in [3.63, 3.8) is 0 Å². The minimum absolute atomic E-state index is 0.469. The summed E-state index contributed by atoms with van der Waals surface area (Å²) < 4.78 is 5.09. The first-order valence-electron chi connectivity index (χ1n) is 5.33. The molecule has 0 aliphatic carbocycles. The van der Waals surface area contributed by atoms with Crippen molar-refractivity contribution < 1.29 is 4.74 Å². The first-order valence-corrected chi connectivity index (χ1v) is 6.09. The van der Waals surface area contributed by atoms with Crippen molar-refractivity contribution in [2.75, 3.05) is 7.11 Å². The van der Waals surface area contributed by atoms with Crippen LogP contribution in [0.3, 0.4) is 0 Å². The third kappa shape index (κ3) is 3.55. The van der Waals surface area contributed by atoms with Crippen molar-refractivity contribution in [2.24, 2.45) is 0 Å². The van der Waals surface area contributed by atoms with E-state index < -0.39 is 0 Å². The highest BCUT2D eigenvalue weighted by molar-refractivity contribution is 6.34. The maximum atomic E-state index is 6.13. The van der Waals surface area contributed by atoms with E-state index >= 15 is 0 Å². The van der Waals surface area contributed by atoms with E-state index in [1.54, 1.807) is 13.2 Å². The lowest BCUT2D eigenvalue weighted by molar-refractivity contribution is 0.415. The first-order chi connectivity index (χ1) is 7.58. The highest BCUT2D eigenvalue weighted by Gasteiger charge is 2.08.